The van der Waals surface area contributed by atoms with E-state index >= 15 is 0 Å². The summed E-state index contributed by atoms with van der Waals surface area (Å²) in [5.41, 5.74) is 6.75. The third-order valence-electron chi connectivity index (χ3n) is 4.00. The number of nitrogens with two attached hydrogens (primary N) is 1. The van der Waals surface area contributed by atoms with Crippen molar-refractivity contribution in [2.24, 2.45) is 5.73 Å². The van der Waals surface area contributed by atoms with Gasteiger partial charge < -0.3 is 15.6 Å². The fourth-order valence-electron chi connectivity index (χ4n) is 2.67. The molecule has 3 aromatic rings. The second kappa shape index (κ2) is 8.09. The average Bonchev–Trinajstić information content (AvgIpc) is 3.18. The summed E-state index contributed by atoms with van der Waals surface area (Å²) in [4.78, 5) is 36.3. The summed E-state index contributed by atoms with van der Waals surface area (Å²) in [6.07, 6.45) is 1.41. The van der Waals surface area contributed by atoms with Gasteiger partial charge in [-0.3, -0.25) is 14.4 Å². The van der Waals surface area contributed by atoms with Crippen LogP contribution in [0.15, 0.2) is 71.4 Å². The molecule has 2 amide bonds. The second-order valence-corrected chi connectivity index (χ2v) is 5.88. The van der Waals surface area contributed by atoms with Crippen molar-refractivity contribution in [1.29, 1.82) is 0 Å². The van der Waals surface area contributed by atoms with Gasteiger partial charge in [-0.1, -0.05) is 65.8 Å². The van der Waals surface area contributed by atoms with Crippen LogP contribution in [0, 0.1) is 0 Å². The highest BCUT2D eigenvalue weighted by molar-refractivity contribution is 6.38. The van der Waals surface area contributed by atoms with Gasteiger partial charge in [-0.25, -0.2) is 0 Å². The maximum Gasteiger partial charge on any atom is 0.287 e. The number of Topliss-reactive ketones (excluding diaryl/α,β-unsaturated/α-hetero) is 1. The fraction of sp³-hybridized carbons (Fsp3) is 0.100. The summed E-state index contributed by atoms with van der Waals surface area (Å²) in [7, 11) is 0. The lowest BCUT2D eigenvalue weighted by Crippen LogP contribution is -2.47. The Kier molecular flexibility index (Phi) is 5.41. The molecule has 3 rings (SSSR count). The Labute approximate surface area is 155 Å². The Morgan fingerprint density at radius 3 is 2.26 bits per heavy atom. The van der Waals surface area contributed by atoms with Crippen LogP contribution in [0.3, 0.4) is 0 Å². The highest BCUT2D eigenvalue weighted by Gasteiger charge is 2.27. The van der Waals surface area contributed by atoms with Gasteiger partial charge in [0.05, 0.1) is 6.20 Å². The predicted octanol–water partition coefficient (Wildman–Crippen LogP) is 1.74. The molecule has 27 heavy (non-hydrogen) atoms. The first-order chi connectivity index (χ1) is 13.1. The second-order valence-electron chi connectivity index (χ2n) is 5.88. The molecule has 0 unspecified atom stereocenters. The lowest BCUT2D eigenvalue weighted by molar-refractivity contribution is -0.137. The topological polar surface area (TPSA) is 115 Å². The number of carbonyl (C=O) groups is 3. The average molecular weight is 363 g/mol. The minimum atomic E-state index is -1.11. The number of hydrogen-bond acceptors (Lipinski definition) is 5. The number of aromatic nitrogens is 1. The van der Waals surface area contributed by atoms with E-state index in [1.165, 1.54) is 6.20 Å². The van der Waals surface area contributed by atoms with Crippen LogP contribution in [0.25, 0.3) is 11.3 Å². The molecule has 1 atom stereocenters. The number of carbonyl (C=O) groups excluding carboxylic acids is 3. The predicted molar refractivity (Wildman–Crippen MR) is 97.5 cm³/mol. The molecule has 0 saturated carbocycles. The number of hydrogen-bond donors (Lipinski definition) is 2. The number of rotatable bonds is 7. The van der Waals surface area contributed by atoms with E-state index in [-0.39, 0.29) is 17.7 Å². The van der Waals surface area contributed by atoms with E-state index in [0.29, 0.717) is 5.56 Å². The molecule has 0 fully saturated rings. The summed E-state index contributed by atoms with van der Waals surface area (Å²) >= 11 is 0. The SMILES string of the molecule is NC(=O)C(=O)[C@H](Cc1ccccc1)NC(=O)c1cnoc1-c1ccccc1. The van der Waals surface area contributed by atoms with Gasteiger partial charge in [0.1, 0.15) is 11.6 Å². The zero-order valence-corrected chi connectivity index (χ0v) is 14.3. The first-order valence-electron chi connectivity index (χ1n) is 8.25. The van der Waals surface area contributed by atoms with Gasteiger partial charge in [0.25, 0.3) is 11.8 Å². The minimum Gasteiger partial charge on any atom is -0.363 e. The summed E-state index contributed by atoms with van der Waals surface area (Å²) in [5, 5.41) is 6.25. The van der Waals surface area contributed by atoms with Crippen LogP contribution in [0.5, 0.6) is 0 Å². The molecule has 136 valence electrons. The highest BCUT2D eigenvalue weighted by atomic mass is 16.5. The number of amides is 2. The molecular formula is C20H17N3O4. The lowest BCUT2D eigenvalue weighted by Gasteiger charge is -2.16. The molecule has 7 nitrogen and oxygen atoms in total. The molecule has 3 N–H and O–H groups in total. The van der Waals surface area contributed by atoms with E-state index in [1.807, 2.05) is 12.1 Å². The van der Waals surface area contributed by atoms with Crippen LogP contribution in [0.2, 0.25) is 0 Å². The molecule has 0 bridgehead atoms. The molecule has 0 aliphatic rings. The minimum absolute atomic E-state index is 0.139. The van der Waals surface area contributed by atoms with Crippen LogP contribution in [0.4, 0.5) is 0 Å². The summed E-state index contributed by atoms with van der Waals surface area (Å²) in [6, 6.07) is 16.9. The molecule has 7 heteroatoms. The van der Waals surface area contributed by atoms with Crippen molar-refractivity contribution in [3.8, 4) is 11.3 Å². The molecule has 0 spiro atoms. The van der Waals surface area contributed by atoms with Crippen molar-refractivity contribution in [1.82, 2.24) is 10.5 Å². The van der Waals surface area contributed by atoms with E-state index in [9.17, 15) is 14.4 Å². The van der Waals surface area contributed by atoms with Gasteiger partial charge >= 0.3 is 0 Å². The van der Waals surface area contributed by atoms with Gasteiger partial charge in [0.15, 0.2) is 5.76 Å². The van der Waals surface area contributed by atoms with Crippen LogP contribution in [-0.2, 0) is 16.0 Å². The number of ketones is 1. The Bertz CT molecular complexity index is 952. The van der Waals surface area contributed by atoms with Crippen molar-refractivity contribution in [2.75, 3.05) is 0 Å². The monoisotopic (exact) mass is 363 g/mol. The largest absolute Gasteiger partial charge is 0.363 e. The maximum absolute atomic E-state index is 12.7. The third kappa shape index (κ3) is 4.27. The van der Waals surface area contributed by atoms with Crippen molar-refractivity contribution in [3.05, 3.63) is 78.0 Å². The Morgan fingerprint density at radius 2 is 1.63 bits per heavy atom. The van der Waals surface area contributed by atoms with Crippen molar-refractivity contribution >= 4 is 17.6 Å². The molecule has 0 radical (unpaired) electrons. The van der Waals surface area contributed by atoms with Gasteiger partial charge in [0, 0.05) is 12.0 Å². The van der Waals surface area contributed by atoms with E-state index in [0.717, 1.165) is 5.56 Å². The molecule has 0 aliphatic heterocycles. The van der Waals surface area contributed by atoms with Gasteiger partial charge in [-0.05, 0) is 5.56 Å². The Balaban J connectivity index is 1.84. The van der Waals surface area contributed by atoms with Crippen molar-refractivity contribution in [2.45, 2.75) is 12.5 Å². The number of primary amides is 1. The fourth-order valence-corrected chi connectivity index (χ4v) is 2.67. The molecule has 0 aliphatic carbocycles. The van der Waals surface area contributed by atoms with Crippen molar-refractivity contribution < 1.29 is 18.9 Å². The molecular weight excluding hydrogens is 346 g/mol. The van der Waals surface area contributed by atoms with Crippen LogP contribution >= 0.6 is 0 Å². The van der Waals surface area contributed by atoms with Crippen LogP contribution in [-0.4, -0.2) is 28.8 Å². The quantitative estimate of drug-likeness (QED) is 0.620. The van der Waals surface area contributed by atoms with Crippen LogP contribution < -0.4 is 11.1 Å². The van der Waals surface area contributed by atoms with E-state index in [4.69, 9.17) is 10.3 Å². The van der Waals surface area contributed by atoms with E-state index < -0.39 is 23.6 Å². The highest BCUT2D eigenvalue weighted by Crippen LogP contribution is 2.23. The first kappa shape index (κ1) is 18.1. The normalized spacial score (nSPS) is 11.6. The summed E-state index contributed by atoms with van der Waals surface area (Å²) in [5.74, 6) is -2.28. The van der Waals surface area contributed by atoms with E-state index in [1.54, 1.807) is 48.5 Å². The van der Waals surface area contributed by atoms with Crippen molar-refractivity contribution in [3.63, 3.8) is 0 Å². The molecule has 2 aromatic carbocycles. The molecule has 1 heterocycles. The smallest absolute Gasteiger partial charge is 0.287 e. The third-order valence-corrected chi connectivity index (χ3v) is 4.00. The Hall–Kier alpha value is -3.74. The summed E-state index contributed by atoms with van der Waals surface area (Å²) in [6.45, 7) is 0. The summed E-state index contributed by atoms with van der Waals surface area (Å²) < 4.78 is 5.19. The van der Waals surface area contributed by atoms with Gasteiger partial charge in [0.2, 0.25) is 5.78 Å². The van der Waals surface area contributed by atoms with Gasteiger partial charge in [-0.2, -0.15) is 0 Å². The van der Waals surface area contributed by atoms with E-state index in [2.05, 4.69) is 10.5 Å². The lowest BCUT2D eigenvalue weighted by atomic mass is 10.0. The maximum atomic E-state index is 12.7. The van der Waals surface area contributed by atoms with Crippen LogP contribution in [0.1, 0.15) is 15.9 Å². The zero-order valence-electron chi connectivity index (χ0n) is 14.3. The first-order valence-corrected chi connectivity index (χ1v) is 8.25. The van der Waals surface area contributed by atoms with Gasteiger partial charge in [-0.15, -0.1) is 0 Å². The number of nitrogens with zero attached hydrogens (tertiary/aromatic N) is 1. The standard InChI is InChI=1S/C20H17N3O4/c21-19(25)17(24)16(11-13-7-3-1-4-8-13)23-20(26)15-12-22-27-18(15)14-9-5-2-6-10-14/h1-10,12,16H,11H2,(H2,21,25)(H,23,26)/t16-/m0/s1. The molecule has 1 aromatic heterocycles. The number of nitrogens with one attached hydrogen (secondary N) is 1. The number of benzene rings is 2. The Morgan fingerprint density at radius 1 is 1.00 bits per heavy atom. The zero-order chi connectivity index (χ0) is 19.2. The molecule has 0 saturated heterocycles.